The van der Waals surface area contributed by atoms with E-state index >= 15 is 0 Å². The summed E-state index contributed by atoms with van der Waals surface area (Å²) in [5.41, 5.74) is -0.621. The average Bonchev–Trinajstić information content (AvgIpc) is 2.58. The van der Waals surface area contributed by atoms with Gasteiger partial charge in [-0.25, -0.2) is 0 Å². The van der Waals surface area contributed by atoms with E-state index in [0.29, 0.717) is 0 Å². The molecule has 0 amide bonds. The van der Waals surface area contributed by atoms with Crippen molar-refractivity contribution in [3.8, 4) is 0 Å². The number of ether oxygens (including phenoxy) is 1. The van der Waals surface area contributed by atoms with Crippen molar-refractivity contribution in [3.63, 3.8) is 0 Å². The Hall–Kier alpha value is -1.36. The number of halogens is 1. The molecule has 1 aliphatic rings. The SMILES string of the molecule is C[C@]1(C(=O)O)C[C@@H](c2ccc(Br)cc2)OC1=O. The molecule has 0 aromatic heterocycles. The standard InChI is InChI=1S/C12H11BrO4/c1-12(10(14)15)6-9(17-11(12)16)7-2-4-8(13)5-3-7/h2-5,9H,6H2,1H3,(H,14,15)/t9-,12+/m0/s1. The quantitative estimate of drug-likeness (QED) is 0.673. The van der Waals surface area contributed by atoms with E-state index < -0.39 is 23.5 Å². The molecule has 2 rings (SSSR count). The van der Waals surface area contributed by atoms with Gasteiger partial charge in [0.05, 0.1) is 0 Å². The number of cyclic esters (lactones) is 1. The molecule has 0 spiro atoms. The van der Waals surface area contributed by atoms with Gasteiger partial charge in [-0.3, -0.25) is 9.59 Å². The highest BCUT2D eigenvalue weighted by Gasteiger charge is 2.51. The largest absolute Gasteiger partial charge is 0.480 e. The summed E-state index contributed by atoms with van der Waals surface area (Å²) in [5, 5.41) is 9.04. The van der Waals surface area contributed by atoms with Crippen molar-refractivity contribution in [2.45, 2.75) is 19.4 Å². The highest BCUT2D eigenvalue weighted by atomic mass is 79.9. The fraction of sp³-hybridized carbons (Fsp3) is 0.333. The molecule has 1 aromatic carbocycles. The molecule has 90 valence electrons. The maximum Gasteiger partial charge on any atom is 0.323 e. The predicted molar refractivity (Wildman–Crippen MR) is 63.3 cm³/mol. The number of rotatable bonds is 2. The summed E-state index contributed by atoms with van der Waals surface area (Å²) in [7, 11) is 0. The van der Waals surface area contributed by atoms with Gasteiger partial charge in [-0.05, 0) is 24.6 Å². The van der Waals surface area contributed by atoms with Crippen LogP contribution in [0.4, 0.5) is 0 Å². The lowest BCUT2D eigenvalue weighted by molar-refractivity contribution is -0.159. The molecule has 1 fully saturated rings. The third-order valence-electron chi connectivity index (χ3n) is 3.01. The summed E-state index contributed by atoms with van der Waals surface area (Å²) < 4.78 is 6.05. The van der Waals surface area contributed by atoms with Gasteiger partial charge in [0.15, 0.2) is 5.41 Å². The van der Waals surface area contributed by atoms with E-state index in [-0.39, 0.29) is 6.42 Å². The molecule has 17 heavy (non-hydrogen) atoms. The van der Waals surface area contributed by atoms with Crippen LogP contribution in [-0.4, -0.2) is 17.0 Å². The molecule has 0 bridgehead atoms. The minimum Gasteiger partial charge on any atom is -0.480 e. The number of carbonyl (C=O) groups excluding carboxylic acids is 1. The summed E-state index contributed by atoms with van der Waals surface area (Å²) >= 11 is 3.31. The Kier molecular flexibility index (Phi) is 2.95. The first kappa shape index (κ1) is 12.1. The minimum absolute atomic E-state index is 0.169. The van der Waals surface area contributed by atoms with Crippen molar-refractivity contribution in [2.75, 3.05) is 0 Å². The molecular weight excluding hydrogens is 288 g/mol. The van der Waals surface area contributed by atoms with Crippen LogP contribution < -0.4 is 0 Å². The van der Waals surface area contributed by atoms with Gasteiger partial charge in [0.25, 0.3) is 0 Å². The molecule has 0 radical (unpaired) electrons. The molecule has 1 heterocycles. The predicted octanol–water partition coefficient (Wildman–Crippen LogP) is 2.53. The lowest BCUT2D eigenvalue weighted by Gasteiger charge is -2.12. The van der Waals surface area contributed by atoms with Crippen molar-refractivity contribution in [1.29, 1.82) is 0 Å². The fourth-order valence-electron chi connectivity index (χ4n) is 1.79. The molecule has 0 aliphatic carbocycles. The monoisotopic (exact) mass is 298 g/mol. The van der Waals surface area contributed by atoms with Crippen molar-refractivity contribution in [2.24, 2.45) is 5.41 Å². The van der Waals surface area contributed by atoms with E-state index in [1.807, 2.05) is 24.3 Å². The third-order valence-corrected chi connectivity index (χ3v) is 3.54. The first-order valence-electron chi connectivity index (χ1n) is 5.13. The van der Waals surface area contributed by atoms with Gasteiger partial charge in [0.2, 0.25) is 0 Å². The molecular formula is C12H11BrO4. The summed E-state index contributed by atoms with van der Waals surface area (Å²) in [6.07, 6.45) is -0.306. The lowest BCUT2D eigenvalue weighted by Crippen LogP contribution is -2.31. The number of carboxylic acids is 1. The highest BCUT2D eigenvalue weighted by Crippen LogP contribution is 2.42. The zero-order valence-corrected chi connectivity index (χ0v) is 10.7. The topological polar surface area (TPSA) is 63.6 Å². The number of aliphatic carboxylic acids is 1. The lowest BCUT2D eigenvalue weighted by atomic mass is 9.86. The van der Waals surface area contributed by atoms with Crippen LogP contribution in [0.5, 0.6) is 0 Å². The number of hydrogen-bond acceptors (Lipinski definition) is 3. The van der Waals surface area contributed by atoms with Crippen LogP contribution in [0.15, 0.2) is 28.7 Å². The smallest absolute Gasteiger partial charge is 0.323 e. The summed E-state index contributed by atoms with van der Waals surface area (Å²) in [6.45, 7) is 1.40. The molecule has 1 saturated heterocycles. The molecule has 4 nitrogen and oxygen atoms in total. The first-order valence-corrected chi connectivity index (χ1v) is 5.93. The van der Waals surface area contributed by atoms with Crippen LogP contribution in [0.1, 0.15) is 25.0 Å². The Balaban J connectivity index is 2.25. The van der Waals surface area contributed by atoms with Gasteiger partial charge in [0, 0.05) is 10.9 Å². The molecule has 0 saturated carbocycles. The molecule has 2 atom stereocenters. The summed E-state index contributed by atoms with van der Waals surface area (Å²) in [6, 6.07) is 7.30. The number of carbonyl (C=O) groups is 2. The molecule has 0 unspecified atom stereocenters. The van der Waals surface area contributed by atoms with E-state index in [9.17, 15) is 9.59 Å². The third kappa shape index (κ3) is 2.07. The van der Waals surface area contributed by atoms with Crippen LogP contribution in [-0.2, 0) is 14.3 Å². The van der Waals surface area contributed by atoms with Crippen LogP contribution in [0.2, 0.25) is 0 Å². The Morgan fingerprint density at radius 2 is 2.06 bits per heavy atom. The van der Waals surface area contributed by atoms with Gasteiger partial charge in [-0.15, -0.1) is 0 Å². The zero-order chi connectivity index (χ0) is 12.6. The molecule has 1 aliphatic heterocycles. The molecule has 1 aromatic rings. The Morgan fingerprint density at radius 1 is 1.47 bits per heavy atom. The second-order valence-corrected chi connectivity index (χ2v) is 5.20. The van der Waals surface area contributed by atoms with Crippen molar-refractivity contribution in [1.82, 2.24) is 0 Å². The maximum absolute atomic E-state index is 11.6. The second-order valence-electron chi connectivity index (χ2n) is 4.29. The van der Waals surface area contributed by atoms with Crippen molar-refractivity contribution < 1.29 is 19.4 Å². The normalized spacial score (nSPS) is 27.9. The Bertz CT molecular complexity index is 468. The highest BCUT2D eigenvalue weighted by molar-refractivity contribution is 9.10. The molecule has 1 N–H and O–H groups in total. The Labute approximate surface area is 107 Å². The van der Waals surface area contributed by atoms with Gasteiger partial charge in [0.1, 0.15) is 6.10 Å². The number of hydrogen-bond donors (Lipinski definition) is 1. The van der Waals surface area contributed by atoms with Crippen LogP contribution in [0.3, 0.4) is 0 Å². The summed E-state index contributed by atoms with van der Waals surface area (Å²) in [4.78, 5) is 22.6. The van der Waals surface area contributed by atoms with Crippen molar-refractivity contribution >= 4 is 27.9 Å². The minimum atomic E-state index is -1.43. The molecule has 5 heteroatoms. The van der Waals surface area contributed by atoms with Crippen molar-refractivity contribution in [3.05, 3.63) is 34.3 Å². The van der Waals surface area contributed by atoms with Gasteiger partial charge in [-0.2, -0.15) is 0 Å². The Morgan fingerprint density at radius 3 is 2.53 bits per heavy atom. The fourth-order valence-corrected chi connectivity index (χ4v) is 2.06. The zero-order valence-electron chi connectivity index (χ0n) is 9.14. The van der Waals surface area contributed by atoms with E-state index in [1.165, 1.54) is 6.92 Å². The number of esters is 1. The van der Waals surface area contributed by atoms with Gasteiger partial charge < -0.3 is 9.84 Å². The van der Waals surface area contributed by atoms with Crippen LogP contribution >= 0.6 is 15.9 Å². The van der Waals surface area contributed by atoms with Gasteiger partial charge in [-0.1, -0.05) is 28.1 Å². The summed E-state index contributed by atoms with van der Waals surface area (Å²) in [5.74, 6) is -1.81. The average molecular weight is 299 g/mol. The van der Waals surface area contributed by atoms with Crippen LogP contribution in [0, 0.1) is 5.41 Å². The first-order chi connectivity index (χ1) is 7.93. The number of carboxylic acid groups (broad SMARTS) is 1. The maximum atomic E-state index is 11.6. The van der Waals surface area contributed by atoms with Gasteiger partial charge >= 0.3 is 11.9 Å². The van der Waals surface area contributed by atoms with E-state index in [1.54, 1.807) is 0 Å². The van der Waals surface area contributed by atoms with E-state index in [4.69, 9.17) is 9.84 Å². The van der Waals surface area contributed by atoms with E-state index in [0.717, 1.165) is 10.0 Å². The number of benzene rings is 1. The van der Waals surface area contributed by atoms with E-state index in [2.05, 4.69) is 15.9 Å². The second kappa shape index (κ2) is 4.14. The van der Waals surface area contributed by atoms with Crippen LogP contribution in [0.25, 0.3) is 0 Å².